The summed E-state index contributed by atoms with van der Waals surface area (Å²) in [7, 11) is 1.71. The second-order valence-corrected chi connectivity index (χ2v) is 4.12. The van der Waals surface area contributed by atoms with Crippen LogP contribution in [0, 0.1) is 6.92 Å². The maximum Gasteiger partial charge on any atom is 0.137 e. The van der Waals surface area contributed by atoms with Crippen molar-refractivity contribution in [3.8, 4) is 0 Å². The lowest BCUT2D eigenvalue weighted by Gasteiger charge is -2.24. The summed E-state index contributed by atoms with van der Waals surface area (Å²) in [6.07, 6.45) is 3.99. The van der Waals surface area contributed by atoms with Crippen molar-refractivity contribution >= 4 is 11.6 Å². The van der Waals surface area contributed by atoms with Crippen LogP contribution < -0.4 is 10.6 Å². The molecule has 0 spiro atoms. The molecule has 1 aromatic heterocycles. The average molecular weight is 222 g/mol. The number of nitrogens with zero attached hydrogens (tertiary/aromatic N) is 3. The molecule has 0 saturated heterocycles. The van der Waals surface area contributed by atoms with Gasteiger partial charge in [0.25, 0.3) is 0 Å². The molecule has 1 heterocycles. The normalized spacial score (nSPS) is 15.1. The van der Waals surface area contributed by atoms with Gasteiger partial charge in [0.15, 0.2) is 0 Å². The van der Waals surface area contributed by atoms with Gasteiger partial charge in [-0.2, -0.15) is 0 Å². The first-order valence-corrected chi connectivity index (χ1v) is 5.56. The number of hydrogen-bond acceptors (Lipinski definition) is 5. The Morgan fingerprint density at radius 3 is 2.88 bits per heavy atom. The summed E-state index contributed by atoms with van der Waals surface area (Å²) in [6.45, 7) is 3.53. The predicted octanol–water partition coefficient (Wildman–Crippen LogP) is 0.982. The van der Waals surface area contributed by atoms with Crippen molar-refractivity contribution in [1.82, 2.24) is 9.97 Å². The van der Waals surface area contributed by atoms with Gasteiger partial charge >= 0.3 is 0 Å². The number of methoxy groups -OCH3 is 1. The molecular formula is C11H18N4O. The zero-order valence-electron chi connectivity index (χ0n) is 9.81. The zero-order chi connectivity index (χ0) is 11.5. The smallest absolute Gasteiger partial charge is 0.137 e. The van der Waals surface area contributed by atoms with Crippen molar-refractivity contribution in [2.24, 2.45) is 0 Å². The van der Waals surface area contributed by atoms with Gasteiger partial charge in [-0.05, 0) is 19.8 Å². The summed E-state index contributed by atoms with van der Waals surface area (Å²) in [5.41, 5.74) is 6.76. The number of nitrogen functional groups attached to an aromatic ring is 1. The van der Waals surface area contributed by atoms with E-state index in [4.69, 9.17) is 10.5 Å². The molecule has 0 aliphatic heterocycles. The van der Waals surface area contributed by atoms with Crippen LogP contribution in [0.25, 0.3) is 0 Å². The first-order chi connectivity index (χ1) is 7.74. The van der Waals surface area contributed by atoms with E-state index >= 15 is 0 Å². The van der Waals surface area contributed by atoms with E-state index in [-0.39, 0.29) is 0 Å². The van der Waals surface area contributed by atoms with Crippen molar-refractivity contribution in [2.75, 3.05) is 30.9 Å². The highest BCUT2D eigenvalue weighted by Gasteiger charge is 2.30. The Balaban J connectivity index is 2.20. The second kappa shape index (κ2) is 4.65. The molecule has 2 N–H and O–H groups in total. The maximum atomic E-state index is 5.80. The number of hydrogen-bond donors (Lipinski definition) is 1. The van der Waals surface area contributed by atoms with Gasteiger partial charge in [0.1, 0.15) is 18.0 Å². The van der Waals surface area contributed by atoms with Crippen LogP contribution in [0.1, 0.15) is 18.4 Å². The summed E-state index contributed by atoms with van der Waals surface area (Å²) in [5, 5.41) is 0. The van der Waals surface area contributed by atoms with Crippen LogP contribution in [0.15, 0.2) is 6.33 Å². The van der Waals surface area contributed by atoms with Gasteiger partial charge in [0.05, 0.1) is 6.61 Å². The number of ether oxygens (including phenoxy) is 1. The molecule has 5 nitrogen and oxygen atoms in total. The van der Waals surface area contributed by atoms with E-state index < -0.39 is 0 Å². The third-order valence-corrected chi connectivity index (χ3v) is 2.89. The molecule has 0 unspecified atom stereocenters. The topological polar surface area (TPSA) is 64.3 Å². The Hall–Kier alpha value is -1.36. The van der Waals surface area contributed by atoms with Crippen LogP contribution in [0.2, 0.25) is 0 Å². The lowest BCUT2D eigenvalue weighted by atomic mass is 10.3. The second-order valence-electron chi connectivity index (χ2n) is 4.12. The SMILES string of the molecule is COCCN(c1ncnc(N)c1C)C1CC1. The quantitative estimate of drug-likeness (QED) is 0.804. The zero-order valence-corrected chi connectivity index (χ0v) is 9.81. The van der Waals surface area contributed by atoms with Crippen LogP contribution in [-0.4, -0.2) is 36.3 Å². The van der Waals surface area contributed by atoms with Crippen LogP contribution in [0.3, 0.4) is 0 Å². The van der Waals surface area contributed by atoms with E-state index in [1.165, 1.54) is 19.2 Å². The third-order valence-electron chi connectivity index (χ3n) is 2.89. The van der Waals surface area contributed by atoms with Crippen LogP contribution in [-0.2, 0) is 4.74 Å². The summed E-state index contributed by atoms with van der Waals surface area (Å²) in [4.78, 5) is 10.6. The maximum absolute atomic E-state index is 5.80. The number of anilines is 2. The van der Waals surface area contributed by atoms with Crippen LogP contribution in [0.4, 0.5) is 11.6 Å². The molecule has 88 valence electrons. The van der Waals surface area contributed by atoms with Crippen molar-refractivity contribution in [1.29, 1.82) is 0 Å². The van der Waals surface area contributed by atoms with Gasteiger partial charge in [0.2, 0.25) is 0 Å². The first kappa shape index (κ1) is 11.1. The Bertz CT molecular complexity index is 365. The van der Waals surface area contributed by atoms with E-state index in [9.17, 15) is 0 Å². The van der Waals surface area contributed by atoms with Crippen molar-refractivity contribution < 1.29 is 4.74 Å². The van der Waals surface area contributed by atoms with E-state index in [2.05, 4.69) is 14.9 Å². The summed E-state index contributed by atoms with van der Waals surface area (Å²) in [5.74, 6) is 1.51. The molecule has 1 fully saturated rings. The Labute approximate surface area is 95.6 Å². The highest BCUT2D eigenvalue weighted by atomic mass is 16.5. The average Bonchev–Trinajstić information content (AvgIpc) is 3.08. The van der Waals surface area contributed by atoms with E-state index in [0.717, 1.165) is 17.9 Å². The molecule has 0 aromatic carbocycles. The Kier molecular flexibility index (Phi) is 3.24. The molecule has 1 aliphatic carbocycles. The lowest BCUT2D eigenvalue weighted by molar-refractivity contribution is 0.204. The highest BCUT2D eigenvalue weighted by molar-refractivity contribution is 5.56. The lowest BCUT2D eigenvalue weighted by Crippen LogP contribution is -2.31. The molecule has 0 radical (unpaired) electrons. The van der Waals surface area contributed by atoms with Crippen molar-refractivity contribution in [2.45, 2.75) is 25.8 Å². The fraction of sp³-hybridized carbons (Fsp3) is 0.636. The summed E-state index contributed by atoms with van der Waals surface area (Å²) >= 11 is 0. The molecule has 1 aromatic rings. The van der Waals surface area contributed by atoms with Crippen molar-refractivity contribution in [3.63, 3.8) is 0 Å². The van der Waals surface area contributed by atoms with Crippen LogP contribution in [0.5, 0.6) is 0 Å². The van der Waals surface area contributed by atoms with Gasteiger partial charge in [0, 0.05) is 25.3 Å². The highest BCUT2D eigenvalue weighted by Crippen LogP contribution is 2.32. The first-order valence-electron chi connectivity index (χ1n) is 5.56. The minimum atomic E-state index is 0.563. The molecule has 2 rings (SSSR count). The van der Waals surface area contributed by atoms with E-state index in [1.807, 2.05) is 6.92 Å². The van der Waals surface area contributed by atoms with Gasteiger partial charge in [-0.3, -0.25) is 0 Å². The molecule has 0 atom stereocenters. The molecule has 1 aliphatic rings. The number of nitrogens with two attached hydrogens (primary N) is 1. The summed E-state index contributed by atoms with van der Waals surface area (Å²) in [6, 6.07) is 0.600. The van der Waals surface area contributed by atoms with Gasteiger partial charge in [-0.1, -0.05) is 0 Å². The molecule has 16 heavy (non-hydrogen) atoms. The van der Waals surface area contributed by atoms with E-state index in [1.54, 1.807) is 7.11 Å². The molecule has 1 saturated carbocycles. The fourth-order valence-electron chi connectivity index (χ4n) is 1.78. The molecular weight excluding hydrogens is 204 g/mol. The monoisotopic (exact) mass is 222 g/mol. The molecule has 5 heteroatoms. The number of aromatic nitrogens is 2. The molecule has 0 bridgehead atoms. The Morgan fingerprint density at radius 1 is 1.50 bits per heavy atom. The standard InChI is InChI=1S/C11H18N4O/c1-8-10(12)13-7-14-11(8)15(5-6-16-2)9-3-4-9/h7,9H,3-6H2,1-2H3,(H2,12,13,14). The number of rotatable bonds is 5. The molecule has 0 amide bonds. The third kappa shape index (κ3) is 2.24. The fourth-order valence-corrected chi connectivity index (χ4v) is 1.78. The Morgan fingerprint density at radius 2 is 2.25 bits per heavy atom. The summed E-state index contributed by atoms with van der Waals surface area (Å²) < 4.78 is 5.13. The van der Waals surface area contributed by atoms with Crippen LogP contribution >= 0.6 is 0 Å². The van der Waals surface area contributed by atoms with Crippen molar-refractivity contribution in [3.05, 3.63) is 11.9 Å². The minimum Gasteiger partial charge on any atom is -0.383 e. The largest absolute Gasteiger partial charge is 0.383 e. The predicted molar refractivity (Wildman–Crippen MR) is 63.4 cm³/mol. The van der Waals surface area contributed by atoms with Gasteiger partial charge in [-0.15, -0.1) is 0 Å². The minimum absolute atomic E-state index is 0.563. The van der Waals surface area contributed by atoms with Gasteiger partial charge in [-0.25, -0.2) is 9.97 Å². The van der Waals surface area contributed by atoms with Gasteiger partial charge < -0.3 is 15.4 Å². The van der Waals surface area contributed by atoms with E-state index in [0.29, 0.717) is 18.5 Å².